The van der Waals surface area contributed by atoms with E-state index in [9.17, 15) is 0 Å². The van der Waals surface area contributed by atoms with Gasteiger partial charge < -0.3 is 5.32 Å². The van der Waals surface area contributed by atoms with E-state index in [0.717, 1.165) is 25.3 Å². The van der Waals surface area contributed by atoms with Crippen LogP contribution in [0.3, 0.4) is 0 Å². The minimum absolute atomic E-state index is 0.969. The zero-order chi connectivity index (χ0) is 10.5. The van der Waals surface area contributed by atoms with Gasteiger partial charge in [-0.3, -0.25) is 0 Å². The normalized spacial score (nSPS) is 14.2. The van der Waals surface area contributed by atoms with Gasteiger partial charge in [-0.1, -0.05) is 18.2 Å². The molecule has 15 heavy (non-hydrogen) atoms. The van der Waals surface area contributed by atoms with Gasteiger partial charge in [-0.15, -0.1) is 0 Å². The Kier molecular flexibility index (Phi) is 4.09. The van der Waals surface area contributed by atoms with Gasteiger partial charge in [-0.2, -0.15) is 12.6 Å². The maximum atomic E-state index is 4.19. The summed E-state index contributed by atoms with van der Waals surface area (Å²) in [7, 11) is 0. The number of rotatable bonds is 5. The van der Waals surface area contributed by atoms with E-state index in [1.165, 1.54) is 24.8 Å². The molecule has 0 saturated carbocycles. The van der Waals surface area contributed by atoms with Crippen molar-refractivity contribution in [1.82, 2.24) is 5.32 Å². The molecule has 1 nitrogen and oxygen atoms in total. The summed E-state index contributed by atoms with van der Waals surface area (Å²) in [4.78, 5) is 0. The summed E-state index contributed by atoms with van der Waals surface area (Å²) in [6.07, 6.45) is 5.04. The average Bonchev–Trinajstić information content (AvgIpc) is 2.71. The minimum Gasteiger partial charge on any atom is -0.313 e. The molecule has 1 aliphatic rings. The Morgan fingerprint density at radius 3 is 2.93 bits per heavy atom. The minimum atomic E-state index is 0.969. The largest absolute Gasteiger partial charge is 0.313 e. The summed E-state index contributed by atoms with van der Waals surface area (Å²) in [6, 6.07) is 6.94. The first-order valence-electron chi connectivity index (χ1n) is 5.82. The number of benzene rings is 1. The van der Waals surface area contributed by atoms with E-state index in [2.05, 4.69) is 36.1 Å². The molecular formula is C13H19NS. The van der Waals surface area contributed by atoms with Crippen LogP contribution in [0.15, 0.2) is 18.2 Å². The van der Waals surface area contributed by atoms with Crippen molar-refractivity contribution in [1.29, 1.82) is 0 Å². The molecular weight excluding hydrogens is 202 g/mol. The summed E-state index contributed by atoms with van der Waals surface area (Å²) in [5.74, 6) is 0.969. The summed E-state index contributed by atoms with van der Waals surface area (Å²) < 4.78 is 0. The van der Waals surface area contributed by atoms with Gasteiger partial charge in [0.2, 0.25) is 0 Å². The second kappa shape index (κ2) is 5.57. The van der Waals surface area contributed by atoms with Crippen molar-refractivity contribution in [2.45, 2.75) is 32.2 Å². The van der Waals surface area contributed by atoms with E-state index >= 15 is 0 Å². The molecule has 0 aromatic heterocycles. The molecule has 1 aromatic rings. The molecule has 0 unspecified atom stereocenters. The third-order valence-corrected chi connectivity index (χ3v) is 3.32. The molecule has 1 aromatic carbocycles. The fourth-order valence-corrected chi connectivity index (χ4v) is 2.33. The predicted molar refractivity (Wildman–Crippen MR) is 68.6 cm³/mol. The third-order valence-electron chi connectivity index (χ3n) is 3.00. The SMILES string of the molecule is SCCCNCc1ccc2c(c1)CCC2. The number of aryl methyl sites for hydroxylation is 2. The molecule has 0 bridgehead atoms. The fraction of sp³-hybridized carbons (Fsp3) is 0.538. The highest BCUT2D eigenvalue weighted by Gasteiger charge is 2.10. The second-order valence-corrected chi connectivity index (χ2v) is 4.66. The molecule has 0 radical (unpaired) electrons. The predicted octanol–water partition coefficient (Wildman–Crippen LogP) is 2.58. The van der Waals surface area contributed by atoms with Crippen molar-refractivity contribution in [3.05, 3.63) is 34.9 Å². The van der Waals surface area contributed by atoms with Crippen LogP contribution in [0.25, 0.3) is 0 Å². The Morgan fingerprint density at radius 2 is 2.07 bits per heavy atom. The lowest BCUT2D eigenvalue weighted by Gasteiger charge is -2.06. The standard InChI is InChI=1S/C13H19NS/c15-8-2-7-14-10-11-5-6-12-3-1-4-13(12)9-11/h5-6,9,14-15H,1-4,7-8,10H2. The van der Waals surface area contributed by atoms with Gasteiger partial charge in [0.05, 0.1) is 0 Å². The number of hydrogen-bond acceptors (Lipinski definition) is 2. The van der Waals surface area contributed by atoms with Gasteiger partial charge in [0.1, 0.15) is 0 Å². The summed E-state index contributed by atoms with van der Waals surface area (Å²) in [5.41, 5.74) is 4.56. The Balaban J connectivity index is 1.87. The summed E-state index contributed by atoms with van der Waals surface area (Å²) in [6.45, 7) is 2.07. The van der Waals surface area contributed by atoms with Gasteiger partial charge in [-0.05, 0) is 54.7 Å². The number of hydrogen-bond donors (Lipinski definition) is 2. The van der Waals surface area contributed by atoms with Gasteiger partial charge in [0.15, 0.2) is 0 Å². The smallest absolute Gasteiger partial charge is 0.0205 e. The molecule has 0 aliphatic heterocycles. The van der Waals surface area contributed by atoms with Crippen molar-refractivity contribution in [2.24, 2.45) is 0 Å². The zero-order valence-corrected chi connectivity index (χ0v) is 10.0. The molecule has 1 N–H and O–H groups in total. The molecule has 1 aliphatic carbocycles. The van der Waals surface area contributed by atoms with Gasteiger partial charge in [0.25, 0.3) is 0 Å². The van der Waals surface area contributed by atoms with Crippen molar-refractivity contribution in [2.75, 3.05) is 12.3 Å². The van der Waals surface area contributed by atoms with E-state index in [1.54, 1.807) is 11.1 Å². The highest BCUT2D eigenvalue weighted by Crippen LogP contribution is 2.22. The van der Waals surface area contributed by atoms with Crippen LogP contribution in [-0.4, -0.2) is 12.3 Å². The lowest BCUT2D eigenvalue weighted by atomic mass is 10.1. The summed E-state index contributed by atoms with van der Waals surface area (Å²) >= 11 is 4.19. The Hall–Kier alpha value is -0.470. The highest BCUT2D eigenvalue weighted by molar-refractivity contribution is 7.80. The van der Waals surface area contributed by atoms with E-state index in [-0.39, 0.29) is 0 Å². The first-order valence-corrected chi connectivity index (χ1v) is 6.45. The number of fused-ring (bicyclic) bond motifs is 1. The van der Waals surface area contributed by atoms with Crippen LogP contribution in [-0.2, 0) is 19.4 Å². The first-order chi connectivity index (χ1) is 7.40. The maximum absolute atomic E-state index is 4.19. The molecule has 0 amide bonds. The van der Waals surface area contributed by atoms with Crippen LogP contribution in [0.1, 0.15) is 29.5 Å². The van der Waals surface area contributed by atoms with Crippen LogP contribution in [0.2, 0.25) is 0 Å². The van der Waals surface area contributed by atoms with E-state index in [4.69, 9.17) is 0 Å². The van der Waals surface area contributed by atoms with Crippen LogP contribution >= 0.6 is 12.6 Å². The fourth-order valence-electron chi connectivity index (χ4n) is 2.17. The lowest BCUT2D eigenvalue weighted by molar-refractivity contribution is 0.679. The van der Waals surface area contributed by atoms with E-state index < -0.39 is 0 Å². The maximum Gasteiger partial charge on any atom is 0.0205 e. The van der Waals surface area contributed by atoms with Crippen molar-refractivity contribution in [3.63, 3.8) is 0 Å². The van der Waals surface area contributed by atoms with Crippen LogP contribution in [0, 0.1) is 0 Å². The third kappa shape index (κ3) is 2.99. The average molecular weight is 221 g/mol. The Bertz CT molecular complexity index is 322. The molecule has 0 fully saturated rings. The highest BCUT2D eigenvalue weighted by atomic mass is 32.1. The molecule has 0 atom stereocenters. The molecule has 2 heteroatoms. The van der Waals surface area contributed by atoms with Crippen molar-refractivity contribution in [3.8, 4) is 0 Å². The van der Waals surface area contributed by atoms with Crippen LogP contribution < -0.4 is 5.32 Å². The van der Waals surface area contributed by atoms with Crippen LogP contribution in [0.5, 0.6) is 0 Å². The first kappa shape index (κ1) is 11.0. The van der Waals surface area contributed by atoms with Crippen LogP contribution in [0.4, 0.5) is 0 Å². The Labute approximate surface area is 97.7 Å². The lowest BCUT2D eigenvalue weighted by Crippen LogP contribution is -2.15. The topological polar surface area (TPSA) is 12.0 Å². The van der Waals surface area contributed by atoms with E-state index in [0.29, 0.717) is 0 Å². The monoisotopic (exact) mass is 221 g/mol. The molecule has 0 saturated heterocycles. The van der Waals surface area contributed by atoms with E-state index in [1.807, 2.05) is 0 Å². The van der Waals surface area contributed by atoms with Gasteiger partial charge in [-0.25, -0.2) is 0 Å². The van der Waals surface area contributed by atoms with Crippen molar-refractivity contribution < 1.29 is 0 Å². The molecule has 0 spiro atoms. The van der Waals surface area contributed by atoms with Gasteiger partial charge in [0, 0.05) is 6.54 Å². The number of thiol groups is 1. The molecule has 2 rings (SSSR count). The zero-order valence-electron chi connectivity index (χ0n) is 9.13. The van der Waals surface area contributed by atoms with Gasteiger partial charge >= 0.3 is 0 Å². The Morgan fingerprint density at radius 1 is 1.20 bits per heavy atom. The quantitative estimate of drug-likeness (QED) is 0.575. The summed E-state index contributed by atoms with van der Waals surface area (Å²) in [5, 5.41) is 3.44. The number of nitrogens with one attached hydrogen (secondary N) is 1. The molecule has 0 heterocycles. The second-order valence-electron chi connectivity index (χ2n) is 4.21. The molecule has 82 valence electrons. The van der Waals surface area contributed by atoms with Crippen molar-refractivity contribution >= 4 is 12.6 Å².